The van der Waals surface area contributed by atoms with Crippen LogP contribution in [0, 0.1) is 0 Å². The molecule has 0 unspecified atom stereocenters. The Morgan fingerprint density at radius 3 is 1.48 bits per heavy atom. The largest absolute Gasteiger partial charge is 0.386 e. The lowest BCUT2D eigenvalue weighted by atomic mass is 9.96. The monoisotopic (exact) mass is 640 g/mol. The normalized spacial score (nSPS) is 13.1. The van der Waals surface area contributed by atoms with Crippen LogP contribution >= 0.6 is 0 Å². The lowest BCUT2D eigenvalue weighted by Crippen LogP contribution is -2.14. The third-order valence-electron chi connectivity index (χ3n) is 10.0. The first-order chi connectivity index (χ1) is 24.8. The second kappa shape index (κ2) is 11.5. The van der Waals surface area contributed by atoms with Gasteiger partial charge < -0.3 is 14.5 Å². The topological polar surface area (TPSA) is 34.8 Å². The van der Waals surface area contributed by atoms with Crippen molar-refractivity contribution < 1.29 is 0 Å². The van der Waals surface area contributed by atoms with Gasteiger partial charge in [-0.15, -0.1) is 0 Å². The van der Waals surface area contributed by atoms with E-state index in [1.165, 1.54) is 49.2 Å². The zero-order valence-corrected chi connectivity index (χ0v) is 27.3. The number of fused-ring (bicyclic) bond motifs is 6. The molecule has 1 aliphatic heterocycles. The summed E-state index contributed by atoms with van der Waals surface area (Å²) in [5.74, 6) is 0. The maximum absolute atomic E-state index is 4.73. The van der Waals surface area contributed by atoms with Crippen LogP contribution in [0.3, 0.4) is 0 Å². The van der Waals surface area contributed by atoms with Gasteiger partial charge in [0.15, 0.2) is 0 Å². The molecule has 1 aliphatic rings. The number of dihydropyridines is 1. The van der Waals surface area contributed by atoms with Crippen molar-refractivity contribution in [3.63, 3.8) is 0 Å². The number of hydrogen-bond donors (Lipinski definition) is 1. The molecule has 0 amide bonds. The van der Waals surface area contributed by atoms with Gasteiger partial charge in [0.25, 0.3) is 0 Å². The molecule has 6 aromatic carbocycles. The van der Waals surface area contributed by atoms with Gasteiger partial charge in [-0.1, -0.05) is 97.1 Å². The predicted octanol–water partition coefficient (Wildman–Crippen LogP) is 11.0. The Kier molecular flexibility index (Phi) is 6.53. The molecule has 236 valence electrons. The molecule has 4 heterocycles. The third kappa shape index (κ3) is 4.57. The van der Waals surface area contributed by atoms with E-state index in [1.54, 1.807) is 0 Å². The molecule has 10 rings (SSSR count). The molecule has 0 spiro atoms. The van der Waals surface area contributed by atoms with Crippen molar-refractivity contribution in [2.45, 2.75) is 0 Å². The van der Waals surface area contributed by atoms with Crippen molar-refractivity contribution in [2.75, 3.05) is 6.54 Å². The van der Waals surface area contributed by atoms with Crippen LogP contribution in [-0.2, 0) is 0 Å². The minimum Gasteiger partial charge on any atom is -0.386 e. The van der Waals surface area contributed by atoms with Crippen LogP contribution in [0.1, 0.15) is 11.1 Å². The number of hydrogen-bond acceptors (Lipinski definition) is 2. The molecule has 0 radical (unpaired) electrons. The number of aromatic nitrogens is 3. The molecule has 0 aliphatic carbocycles. The summed E-state index contributed by atoms with van der Waals surface area (Å²) in [4.78, 5) is 4.73. The summed E-state index contributed by atoms with van der Waals surface area (Å²) < 4.78 is 4.74. The molecule has 9 aromatic rings. The minimum atomic E-state index is 0.739. The van der Waals surface area contributed by atoms with Crippen LogP contribution in [0.15, 0.2) is 176 Å². The Morgan fingerprint density at radius 2 is 0.920 bits per heavy atom. The van der Waals surface area contributed by atoms with Gasteiger partial charge in [0.1, 0.15) is 0 Å². The molecule has 0 atom stereocenters. The van der Waals surface area contributed by atoms with Gasteiger partial charge in [0, 0.05) is 63.6 Å². The van der Waals surface area contributed by atoms with E-state index in [9.17, 15) is 0 Å². The second-order valence-corrected chi connectivity index (χ2v) is 13.0. The van der Waals surface area contributed by atoms with E-state index in [1.807, 2.05) is 12.4 Å². The summed E-state index contributed by atoms with van der Waals surface area (Å²) in [5, 5.41) is 8.60. The Hall–Kier alpha value is -6.65. The van der Waals surface area contributed by atoms with Crippen LogP contribution in [0.2, 0.25) is 0 Å². The van der Waals surface area contributed by atoms with Gasteiger partial charge >= 0.3 is 0 Å². The fraction of sp³-hybridized carbons (Fsp3) is 0.0217. The molecular weight excluding hydrogens is 609 g/mol. The highest BCUT2D eigenvalue weighted by molar-refractivity contribution is 6.10. The first kappa shape index (κ1) is 28.4. The van der Waals surface area contributed by atoms with Gasteiger partial charge in [0.05, 0.1) is 22.1 Å². The molecule has 4 heteroatoms. The standard InChI is InChI=1S/C46H32N4/c1-5-19-43-39(15-1)40-16-2-6-20-44(40)49(43)37-13-9-11-31(25-37)33-23-35(29-47-27-33)36-24-34(28-48-30-36)32-12-10-14-38(26-32)50-45-21-7-3-17-41(45)42-18-4-8-22-46(42)50/h1-29,48H,30H2. The summed E-state index contributed by atoms with van der Waals surface area (Å²) in [5.41, 5.74) is 14.0. The van der Waals surface area contributed by atoms with E-state index in [4.69, 9.17) is 4.98 Å². The van der Waals surface area contributed by atoms with E-state index in [2.05, 4.69) is 178 Å². The smallest absolute Gasteiger partial charge is 0.0541 e. The van der Waals surface area contributed by atoms with Crippen LogP contribution in [-0.4, -0.2) is 20.7 Å². The Bertz CT molecular complexity index is 2720. The number of rotatable bonds is 5. The summed E-state index contributed by atoms with van der Waals surface area (Å²) >= 11 is 0. The van der Waals surface area contributed by atoms with Crippen molar-refractivity contribution in [1.29, 1.82) is 0 Å². The Morgan fingerprint density at radius 1 is 0.440 bits per heavy atom. The minimum absolute atomic E-state index is 0.739. The average molecular weight is 641 g/mol. The summed E-state index contributed by atoms with van der Waals surface area (Å²) in [6.45, 7) is 0.739. The van der Waals surface area contributed by atoms with E-state index in [-0.39, 0.29) is 0 Å². The lowest BCUT2D eigenvalue weighted by Gasteiger charge is -2.18. The van der Waals surface area contributed by atoms with Crippen LogP contribution in [0.5, 0.6) is 0 Å². The van der Waals surface area contributed by atoms with Crippen molar-refractivity contribution in [3.05, 3.63) is 187 Å². The summed E-state index contributed by atoms with van der Waals surface area (Å²) in [6.07, 6.45) is 8.38. The van der Waals surface area contributed by atoms with Gasteiger partial charge in [-0.3, -0.25) is 4.98 Å². The molecule has 0 fully saturated rings. The van der Waals surface area contributed by atoms with Crippen molar-refractivity contribution >= 4 is 54.8 Å². The van der Waals surface area contributed by atoms with Crippen molar-refractivity contribution in [2.24, 2.45) is 0 Å². The van der Waals surface area contributed by atoms with Gasteiger partial charge in [-0.25, -0.2) is 0 Å². The van der Waals surface area contributed by atoms with Crippen molar-refractivity contribution in [1.82, 2.24) is 19.4 Å². The quantitative estimate of drug-likeness (QED) is 0.203. The van der Waals surface area contributed by atoms with E-state index < -0.39 is 0 Å². The zero-order valence-electron chi connectivity index (χ0n) is 27.3. The zero-order chi connectivity index (χ0) is 33.0. The molecule has 1 N–H and O–H groups in total. The first-order valence-electron chi connectivity index (χ1n) is 17.1. The summed E-state index contributed by atoms with van der Waals surface area (Å²) in [7, 11) is 0. The average Bonchev–Trinajstić information content (AvgIpc) is 3.71. The highest BCUT2D eigenvalue weighted by atomic mass is 15.0. The van der Waals surface area contributed by atoms with Crippen molar-refractivity contribution in [3.8, 4) is 22.5 Å². The van der Waals surface area contributed by atoms with Crippen LogP contribution in [0.25, 0.3) is 77.3 Å². The van der Waals surface area contributed by atoms with E-state index in [0.29, 0.717) is 0 Å². The number of nitrogens with one attached hydrogen (secondary N) is 1. The molecule has 50 heavy (non-hydrogen) atoms. The van der Waals surface area contributed by atoms with Gasteiger partial charge in [-0.05, 0) is 88.5 Å². The van der Waals surface area contributed by atoms with Crippen LogP contribution in [0.4, 0.5) is 0 Å². The second-order valence-electron chi connectivity index (χ2n) is 13.0. The first-order valence-corrected chi connectivity index (χ1v) is 17.1. The Labute approximate surface area is 289 Å². The predicted molar refractivity (Wildman–Crippen MR) is 209 cm³/mol. The molecule has 0 saturated heterocycles. The number of benzene rings is 6. The maximum atomic E-state index is 4.73. The number of para-hydroxylation sites is 4. The Balaban J connectivity index is 1.01. The van der Waals surface area contributed by atoms with E-state index in [0.717, 1.165) is 45.7 Å². The number of pyridine rings is 1. The molecule has 0 saturated carbocycles. The lowest BCUT2D eigenvalue weighted by molar-refractivity contribution is 0.988. The highest BCUT2D eigenvalue weighted by Gasteiger charge is 2.16. The summed E-state index contributed by atoms with van der Waals surface area (Å²) in [6, 6.07) is 54.5. The highest BCUT2D eigenvalue weighted by Crippen LogP contribution is 2.35. The van der Waals surface area contributed by atoms with Gasteiger partial charge in [0.2, 0.25) is 0 Å². The fourth-order valence-electron chi connectivity index (χ4n) is 7.73. The van der Waals surface area contributed by atoms with Crippen LogP contribution < -0.4 is 5.32 Å². The number of allylic oxidation sites excluding steroid dienone is 2. The maximum Gasteiger partial charge on any atom is 0.0541 e. The SMILES string of the molecule is C1=C(c2cccc(-n3c4ccccc4c4ccccc43)c2)C=C(c2cncc(-c3cccc(-n4c5ccccc5c5ccccc54)c3)c2)CN1. The third-order valence-corrected chi connectivity index (χ3v) is 10.0. The molecule has 4 nitrogen and oxygen atoms in total. The number of nitrogens with zero attached hydrogens (tertiary/aromatic N) is 3. The van der Waals surface area contributed by atoms with Gasteiger partial charge in [-0.2, -0.15) is 0 Å². The van der Waals surface area contributed by atoms with E-state index >= 15 is 0 Å². The molecule has 0 bridgehead atoms. The molecule has 3 aromatic heterocycles. The molecular formula is C46H32N4. The fourth-order valence-corrected chi connectivity index (χ4v) is 7.73.